The molecule has 2 aliphatic rings. The van der Waals surface area contributed by atoms with Gasteiger partial charge in [-0.3, -0.25) is 9.48 Å². The van der Waals surface area contributed by atoms with Crippen LogP contribution < -0.4 is 0 Å². The van der Waals surface area contributed by atoms with Gasteiger partial charge < -0.3 is 14.9 Å². The highest BCUT2D eigenvalue weighted by Gasteiger charge is 2.36. The van der Waals surface area contributed by atoms with Crippen LogP contribution in [-0.4, -0.2) is 69.9 Å². The number of likely N-dealkylation sites (tertiary alicyclic amines) is 2. The number of nitrogens with zero attached hydrogens (tertiary/aromatic N) is 4. The Hall–Kier alpha value is -1.40. The van der Waals surface area contributed by atoms with E-state index in [1.807, 2.05) is 11.0 Å². The lowest BCUT2D eigenvalue weighted by molar-refractivity contribution is 0.0766. The Morgan fingerprint density at radius 1 is 1.20 bits per heavy atom. The van der Waals surface area contributed by atoms with Crippen molar-refractivity contribution in [2.75, 3.05) is 39.3 Å². The van der Waals surface area contributed by atoms with E-state index in [0.717, 1.165) is 39.1 Å². The summed E-state index contributed by atoms with van der Waals surface area (Å²) in [4.78, 5) is 17.4. The molecule has 0 aromatic carbocycles. The minimum atomic E-state index is 0.0581. The molecule has 1 aromatic rings. The maximum absolute atomic E-state index is 12.9. The van der Waals surface area contributed by atoms with Crippen LogP contribution in [0.4, 0.5) is 0 Å². The number of aliphatic hydroxyl groups is 1. The van der Waals surface area contributed by atoms with Gasteiger partial charge in [0.15, 0.2) is 0 Å². The predicted molar refractivity (Wildman–Crippen MR) is 97.4 cm³/mol. The van der Waals surface area contributed by atoms with Crippen molar-refractivity contribution in [3.05, 3.63) is 18.0 Å². The Kier molecular flexibility index (Phi) is 6.48. The molecule has 0 bridgehead atoms. The number of hydrogen-bond donors (Lipinski definition) is 1. The smallest absolute Gasteiger partial charge is 0.272 e. The van der Waals surface area contributed by atoms with E-state index in [9.17, 15) is 9.90 Å². The first-order chi connectivity index (χ1) is 12.2. The van der Waals surface area contributed by atoms with Crippen molar-refractivity contribution >= 4 is 5.91 Å². The zero-order valence-electron chi connectivity index (χ0n) is 15.4. The highest BCUT2D eigenvalue weighted by Crippen LogP contribution is 2.26. The lowest BCUT2D eigenvalue weighted by atomic mass is 9.96. The van der Waals surface area contributed by atoms with E-state index in [4.69, 9.17) is 0 Å². The van der Waals surface area contributed by atoms with Crippen LogP contribution in [0.25, 0.3) is 0 Å². The van der Waals surface area contributed by atoms with Crippen molar-refractivity contribution in [3.63, 3.8) is 0 Å². The Balaban J connectivity index is 1.63. The van der Waals surface area contributed by atoms with Gasteiger partial charge in [0.25, 0.3) is 5.91 Å². The van der Waals surface area contributed by atoms with E-state index in [-0.39, 0.29) is 18.4 Å². The lowest BCUT2D eigenvalue weighted by Gasteiger charge is -2.26. The van der Waals surface area contributed by atoms with Gasteiger partial charge >= 0.3 is 0 Å². The van der Waals surface area contributed by atoms with Crippen molar-refractivity contribution in [1.29, 1.82) is 0 Å². The molecule has 25 heavy (non-hydrogen) atoms. The number of aryl methyl sites for hydroxylation is 1. The SMILES string of the molecule is CCCn1nccc1C(=O)N1CC(CO)C(CN2CCCCCC2)C1. The maximum atomic E-state index is 12.9. The number of hydrogen-bond acceptors (Lipinski definition) is 4. The van der Waals surface area contributed by atoms with E-state index < -0.39 is 0 Å². The molecule has 140 valence electrons. The van der Waals surface area contributed by atoms with Crippen LogP contribution in [0.1, 0.15) is 49.5 Å². The molecule has 1 N–H and O–H groups in total. The minimum absolute atomic E-state index is 0.0581. The van der Waals surface area contributed by atoms with Crippen LogP contribution >= 0.6 is 0 Å². The van der Waals surface area contributed by atoms with Gasteiger partial charge in [-0.15, -0.1) is 0 Å². The second kappa shape index (κ2) is 8.81. The van der Waals surface area contributed by atoms with Gasteiger partial charge in [0.2, 0.25) is 0 Å². The van der Waals surface area contributed by atoms with Crippen molar-refractivity contribution in [2.45, 2.75) is 45.6 Å². The van der Waals surface area contributed by atoms with Gasteiger partial charge in [0, 0.05) is 44.9 Å². The minimum Gasteiger partial charge on any atom is -0.396 e. The Labute approximate surface area is 150 Å². The molecule has 2 unspecified atom stereocenters. The summed E-state index contributed by atoms with van der Waals surface area (Å²) in [5, 5.41) is 14.1. The molecule has 0 aliphatic carbocycles. The summed E-state index contributed by atoms with van der Waals surface area (Å²) in [6.45, 7) is 7.74. The molecule has 2 saturated heterocycles. The summed E-state index contributed by atoms with van der Waals surface area (Å²) in [5.41, 5.74) is 0.675. The highest BCUT2D eigenvalue weighted by molar-refractivity contribution is 5.92. The summed E-state index contributed by atoms with van der Waals surface area (Å²) in [5.74, 6) is 0.618. The molecule has 0 spiro atoms. The summed E-state index contributed by atoms with van der Waals surface area (Å²) < 4.78 is 1.80. The molecule has 3 rings (SSSR count). The average molecular weight is 348 g/mol. The van der Waals surface area contributed by atoms with Gasteiger partial charge in [0.1, 0.15) is 5.69 Å². The molecule has 6 nitrogen and oxygen atoms in total. The van der Waals surface area contributed by atoms with E-state index in [1.165, 1.54) is 25.7 Å². The topological polar surface area (TPSA) is 61.6 Å². The van der Waals surface area contributed by atoms with E-state index >= 15 is 0 Å². The Bertz CT molecular complexity index is 551. The molecule has 1 aromatic heterocycles. The molecular formula is C19H32N4O2. The van der Waals surface area contributed by atoms with Gasteiger partial charge in [-0.1, -0.05) is 19.8 Å². The summed E-state index contributed by atoms with van der Waals surface area (Å²) in [7, 11) is 0. The number of aliphatic hydroxyl groups excluding tert-OH is 1. The quantitative estimate of drug-likeness (QED) is 0.852. The monoisotopic (exact) mass is 348 g/mol. The standard InChI is InChI=1S/C19H32N4O2/c1-2-9-23-18(7-8-20-23)19(25)22-13-16(17(14-22)15-24)12-21-10-5-3-4-6-11-21/h7-8,16-17,24H,2-6,9-15H2,1H3. The van der Waals surface area contributed by atoms with E-state index in [0.29, 0.717) is 18.2 Å². The fourth-order valence-corrected chi connectivity index (χ4v) is 4.23. The maximum Gasteiger partial charge on any atom is 0.272 e. The molecule has 1 amide bonds. The van der Waals surface area contributed by atoms with Crippen LogP contribution in [0.15, 0.2) is 12.3 Å². The number of amides is 1. The second-order valence-corrected chi connectivity index (χ2v) is 7.57. The fourth-order valence-electron chi connectivity index (χ4n) is 4.23. The molecule has 0 radical (unpaired) electrons. The van der Waals surface area contributed by atoms with E-state index in [2.05, 4.69) is 16.9 Å². The van der Waals surface area contributed by atoms with Crippen LogP contribution in [0.3, 0.4) is 0 Å². The summed E-state index contributed by atoms with van der Waals surface area (Å²) >= 11 is 0. The first-order valence-corrected chi connectivity index (χ1v) is 9.87. The average Bonchev–Trinajstić information content (AvgIpc) is 3.15. The first kappa shape index (κ1) is 18.4. The molecule has 0 saturated carbocycles. The van der Waals surface area contributed by atoms with Crippen molar-refractivity contribution in [3.8, 4) is 0 Å². The largest absolute Gasteiger partial charge is 0.396 e. The summed E-state index contributed by atoms with van der Waals surface area (Å²) in [6, 6.07) is 1.81. The fraction of sp³-hybridized carbons (Fsp3) is 0.789. The first-order valence-electron chi connectivity index (χ1n) is 9.87. The molecule has 2 atom stereocenters. The van der Waals surface area contributed by atoms with Gasteiger partial charge in [-0.05, 0) is 44.3 Å². The van der Waals surface area contributed by atoms with Crippen molar-refractivity contribution in [2.24, 2.45) is 11.8 Å². The van der Waals surface area contributed by atoms with Crippen LogP contribution in [0.2, 0.25) is 0 Å². The number of aromatic nitrogens is 2. The van der Waals surface area contributed by atoms with Crippen LogP contribution in [-0.2, 0) is 6.54 Å². The number of carbonyl (C=O) groups excluding carboxylic acids is 1. The molecule has 6 heteroatoms. The molecule has 2 fully saturated rings. The Morgan fingerprint density at radius 3 is 2.60 bits per heavy atom. The third-order valence-electron chi connectivity index (χ3n) is 5.66. The van der Waals surface area contributed by atoms with E-state index in [1.54, 1.807) is 10.9 Å². The number of rotatable bonds is 6. The third kappa shape index (κ3) is 4.42. The van der Waals surface area contributed by atoms with Gasteiger partial charge in [-0.2, -0.15) is 5.10 Å². The zero-order valence-corrected chi connectivity index (χ0v) is 15.4. The Morgan fingerprint density at radius 2 is 1.92 bits per heavy atom. The van der Waals surface area contributed by atoms with Crippen LogP contribution in [0.5, 0.6) is 0 Å². The normalized spacial score (nSPS) is 25.3. The molecule has 3 heterocycles. The van der Waals surface area contributed by atoms with Crippen molar-refractivity contribution < 1.29 is 9.90 Å². The van der Waals surface area contributed by atoms with Crippen LogP contribution in [0, 0.1) is 11.8 Å². The third-order valence-corrected chi connectivity index (χ3v) is 5.66. The zero-order chi connectivity index (χ0) is 17.6. The lowest BCUT2D eigenvalue weighted by Crippen LogP contribution is -2.35. The highest BCUT2D eigenvalue weighted by atomic mass is 16.3. The second-order valence-electron chi connectivity index (χ2n) is 7.57. The number of carbonyl (C=O) groups is 1. The van der Waals surface area contributed by atoms with Crippen molar-refractivity contribution in [1.82, 2.24) is 19.6 Å². The van der Waals surface area contributed by atoms with Gasteiger partial charge in [-0.25, -0.2) is 0 Å². The predicted octanol–water partition coefficient (Wildman–Crippen LogP) is 1.85. The molecule has 2 aliphatic heterocycles. The summed E-state index contributed by atoms with van der Waals surface area (Å²) in [6.07, 6.45) is 7.87. The van der Waals surface area contributed by atoms with Gasteiger partial charge in [0.05, 0.1) is 0 Å². The molecular weight excluding hydrogens is 316 g/mol.